The number of nitrogens with one attached hydrogen (secondary N) is 1. The van der Waals surface area contributed by atoms with Crippen LogP contribution in [0.2, 0.25) is 0 Å². The smallest absolute Gasteiger partial charge is 0.243 e. The van der Waals surface area contributed by atoms with Crippen LogP contribution in [0.1, 0.15) is 32.1 Å². The molecule has 4 rings (SSSR count). The molecule has 28 heavy (non-hydrogen) atoms. The molecule has 0 saturated carbocycles. The summed E-state index contributed by atoms with van der Waals surface area (Å²) < 4.78 is 34.7. The molecular weight excluding hydrogens is 380 g/mol. The highest BCUT2D eigenvalue weighted by Gasteiger charge is 2.34. The van der Waals surface area contributed by atoms with E-state index in [2.05, 4.69) is 15.5 Å². The van der Waals surface area contributed by atoms with E-state index in [-0.39, 0.29) is 4.90 Å². The van der Waals surface area contributed by atoms with Gasteiger partial charge in [-0.1, -0.05) is 0 Å². The van der Waals surface area contributed by atoms with Gasteiger partial charge >= 0.3 is 0 Å². The largest absolute Gasteiger partial charge is 0.494 e. The van der Waals surface area contributed by atoms with E-state index < -0.39 is 10.0 Å². The first-order valence-electron chi connectivity index (χ1n) is 9.86. The highest BCUT2D eigenvalue weighted by molar-refractivity contribution is 7.89. The summed E-state index contributed by atoms with van der Waals surface area (Å²) in [5.74, 6) is 0.418. The van der Waals surface area contributed by atoms with E-state index in [1.165, 1.54) is 50.5 Å². The quantitative estimate of drug-likeness (QED) is 0.743. The van der Waals surface area contributed by atoms with E-state index in [1.54, 1.807) is 27.4 Å². The number of hydrogen-bond donors (Lipinski definition) is 1. The molecule has 1 N–H and O–H groups in total. The van der Waals surface area contributed by atoms with E-state index in [9.17, 15) is 8.42 Å². The highest BCUT2D eigenvalue weighted by Crippen LogP contribution is 2.28. The number of sulfonamides is 1. The van der Waals surface area contributed by atoms with Crippen molar-refractivity contribution in [3.8, 4) is 11.4 Å². The molecule has 0 radical (unpaired) electrons. The van der Waals surface area contributed by atoms with Gasteiger partial charge in [0, 0.05) is 32.0 Å². The summed E-state index contributed by atoms with van der Waals surface area (Å²) in [6.07, 6.45) is 7.21. The van der Waals surface area contributed by atoms with Crippen molar-refractivity contribution in [2.75, 3.05) is 33.3 Å². The van der Waals surface area contributed by atoms with Crippen LogP contribution in [0, 0.1) is 0 Å². The molecule has 2 aliphatic heterocycles. The first-order chi connectivity index (χ1) is 13.6. The number of methoxy groups -OCH3 is 1. The van der Waals surface area contributed by atoms with Crippen molar-refractivity contribution in [2.45, 2.75) is 43.0 Å². The number of ether oxygens (including phenoxy) is 1. The van der Waals surface area contributed by atoms with Crippen LogP contribution in [0.5, 0.6) is 5.75 Å². The van der Waals surface area contributed by atoms with E-state index in [0.717, 1.165) is 12.8 Å². The number of rotatable bonds is 5. The number of piperidine rings is 2. The molecule has 2 aromatic rings. The summed E-state index contributed by atoms with van der Waals surface area (Å²) >= 11 is 0. The number of aromatic nitrogens is 4. The fraction of sp³-hybridized carbons (Fsp3) is 0.611. The fourth-order valence-electron chi connectivity index (χ4n) is 4.35. The lowest BCUT2D eigenvalue weighted by Crippen LogP contribution is -3.16. The van der Waals surface area contributed by atoms with Crippen LogP contribution in [0.15, 0.2) is 29.4 Å². The lowest BCUT2D eigenvalue weighted by molar-refractivity contribution is -0.931. The standard InChI is InChI=1S/C18H26N6O3S/c1-27-18-13-16(5-6-17(18)24-14-19-20-21-24)28(25,26)23-11-7-15(8-12-23)22-9-3-2-4-10-22/h5-6,13-15H,2-4,7-12H2,1H3/p+1. The van der Waals surface area contributed by atoms with Crippen molar-refractivity contribution in [3.63, 3.8) is 0 Å². The Morgan fingerprint density at radius 3 is 2.54 bits per heavy atom. The average Bonchev–Trinajstić information content (AvgIpc) is 3.28. The Morgan fingerprint density at radius 1 is 1.14 bits per heavy atom. The van der Waals surface area contributed by atoms with Crippen molar-refractivity contribution in [2.24, 2.45) is 0 Å². The van der Waals surface area contributed by atoms with Crippen molar-refractivity contribution < 1.29 is 18.1 Å². The lowest BCUT2D eigenvalue weighted by Gasteiger charge is -2.37. The van der Waals surface area contributed by atoms with Crippen LogP contribution in [-0.2, 0) is 10.0 Å². The molecule has 152 valence electrons. The minimum Gasteiger partial charge on any atom is -0.494 e. The molecule has 0 aliphatic carbocycles. The number of likely N-dealkylation sites (tertiary alicyclic amines) is 1. The molecular formula is C18H27N6O3S+. The van der Waals surface area contributed by atoms with E-state index in [0.29, 0.717) is 30.6 Å². The van der Waals surface area contributed by atoms with Gasteiger partial charge in [0.15, 0.2) is 0 Å². The summed E-state index contributed by atoms with van der Waals surface area (Å²) in [6.45, 7) is 3.61. The molecule has 1 aromatic carbocycles. The predicted octanol–water partition coefficient (Wildman–Crippen LogP) is -0.107. The van der Waals surface area contributed by atoms with Gasteiger partial charge in [-0.15, -0.1) is 5.10 Å². The third-order valence-electron chi connectivity index (χ3n) is 5.91. The van der Waals surface area contributed by atoms with Gasteiger partial charge in [-0.2, -0.15) is 8.99 Å². The Hall–Kier alpha value is -2.04. The zero-order valence-corrected chi connectivity index (χ0v) is 16.9. The van der Waals surface area contributed by atoms with Gasteiger partial charge in [0.05, 0.1) is 31.1 Å². The van der Waals surface area contributed by atoms with Crippen molar-refractivity contribution >= 4 is 10.0 Å². The van der Waals surface area contributed by atoms with E-state index >= 15 is 0 Å². The second kappa shape index (κ2) is 8.14. The molecule has 1 aromatic heterocycles. The topological polar surface area (TPSA) is 94.7 Å². The van der Waals surface area contributed by atoms with E-state index in [1.807, 2.05) is 0 Å². The number of hydrogen-bond acceptors (Lipinski definition) is 6. The van der Waals surface area contributed by atoms with Gasteiger partial charge in [0.1, 0.15) is 17.8 Å². The van der Waals surface area contributed by atoms with Gasteiger partial charge in [-0.3, -0.25) is 0 Å². The first kappa shape index (κ1) is 19.3. The molecule has 2 fully saturated rings. The average molecular weight is 408 g/mol. The maximum absolute atomic E-state index is 13.2. The summed E-state index contributed by atoms with van der Waals surface area (Å²) in [6, 6.07) is 5.40. The number of tetrazole rings is 1. The Balaban J connectivity index is 1.49. The van der Waals surface area contributed by atoms with Crippen LogP contribution >= 0.6 is 0 Å². The van der Waals surface area contributed by atoms with Crippen LogP contribution in [0.3, 0.4) is 0 Å². The van der Waals surface area contributed by atoms with Crippen molar-refractivity contribution in [3.05, 3.63) is 24.5 Å². The maximum Gasteiger partial charge on any atom is 0.243 e. The van der Waals surface area contributed by atoms with Crippen LogP contribution in [0.4, 0.5) is 0 Å². The van der Waals surface area contributed by atoms with Gasteiger partial charge in [0.25, 0.3) is 0 Å². The lowest BCUT2D eigenvalue weighted by atomic mass is 10.0. The summed E-state index contributed by atoms with van der Waals surface area (Å²) in [4.78, 5) is 1.90. The molecule has 0 atom stereocenters. The predicted molar refractivity (Wildman–Crippen MR) is 102 cm³/mol. The zero-order chi connectivity index (χ0) is 19.6. The Morgan fingerprint density at radius 2 is 1.89 bits per heavy atom. The molecule has 3 heterocycles. The minimum atomic E-state index is -3.55. The van der Waals surface area contributed by atoms with Gasteiger partial charge in [0.2, 0.25) is 10.0 Å². The van der Waals surface area contributed by atoms with Gasteiger partial charge in [-0.05, 0) is 41.8 Å². The molecule has 2 saturated heterocycles. The van der Waals surface area contributed by atoms with Crippen molar-refractivity contribution in [1.29, 1.82) is 0 Å². The molecule has 0 amide bonds. The second-order valence-corrected chi connectivity index (χ2v) is 9.42. The summed E-state index contributed by atoms with van der Waals surface area (Å²) in [5.41, 5.74) is 0.596. The van der Waals surface area contributed by atoms with Crippen LogP contribution in [-0.4, -0.2) is 72.3 Å². The number of quaternary nitrogens is 1. The Kier molecular flexibility index (Phi) is 5.61. The third kappa shape index (κ3) is 3.76. The van der Waals surface area contributed by atoms with Crippen LogP contribution in [0.25, 0.3) is 5.69 Å². The Labute approximate surface area is 165 Å². The second-order valence-electron chi connectivity index (χ2n) is 7.49. The van der Waals surface area contributed by atoms with Gasteiger partial charge in [-0.25, -0.2) is 8.42 Å². The maximum atomic E-state index is 13.2. The SMILES string of the molecule is COc1cc(S(=O)(=O)N2CCC([NH+]3CCCCC3)CC2)ccc1-n1cnnn1. The molecule has 10 heteroatoms. The third-order valence-corrected chi connectivity index (χ3v) is 7.81. The first-order valence-corrected chi connectivity index (χ1v) is 11.3. The summed E-state index contributed by atoms with van der Waals surface area (Å²) in [7, 11) is -2.04. The molecule has 0 bridgehead atoms. The molecule has 9 nitrogen and oxygen atoms in total. The summed E-state index contributed by atoms with van der Waals surface area (Å²) in [5, 5.41) is 11.1. The highest BCUT2D eigenvalue weighted by atomic mass is 32.2. The normalized spacial score (nSPS) is 20.3. The Bertz CT molecular complexity index is 888. The fourth-order valence-corrected chi connectivity index (χ4v) is 5.83. The van der Waals surface area contributed by atoms with E-state index in [4.69, 9.17) is 4.74 Å². The molecule has 2 aliphatic rings. The van der Waals surface area contributed by atoms with Gasteiger partial charge < -0.3 is 9.64 Å². The molecule has 0 unspecified atom stereocenters. The number of nitrogens with zero attached hydrogens (tertiary/aromatic N) is 5. The zero-order valence-electron chi connectivity index (χ0n) is 16.1. The minimum absolute atomic E-state index is 0.241. The monoisotopic (exact) mass is 407 g/mol. The number of benzene rings is 1. The van der Waals surface area contributed by atoms with Crippen LogP contribution < -0.4 is 9.64 Å². The molecule has 0 spiro atoms. The van der Waals surface area contributed by atoms with Crippen molar-refractivity contribution in [1.82, 2.24) is 24.5 Å².